The largest absolute Gasteiger partial charge is 0.370 e. The van der Waals surface area contributed by atoms with Gasteiger partial charge in [-0.3, -0.25) is 4.79 Å². The smallest absolute Gasteiger partial charge is 0.246 e. The van der Waals surface area contributed by atoms with Crippen LogP contribution in [0.15, 0.2) is 0 Å². The first-order valence-corrected chi connectivity index (χ1v) is 4.27. The fourth-order valence-electron chi connectivity index (χ4n) is 0.746. The maximum Gasteiger partial charge on any atom is 0.246 e. The van der Waals surface area contributed by atoms with Crippen molar-refractivity contribution < 1.29 is 9.53 Å². The molecule has 0 aliphatic heterocycles. The topological polar surface area (TPSA) is 64.3 Å². The molecular weight excluding hydrogens is 168 g/mol. The lowest BCUT2D eigenvalue weighted by Crippen LogP contribution is -2.36. The van der Waals surface area contributed by atoms with E-state index >= 15 is 0 Å². The number of ether oxygens (including phenoxy) is 1. The average molecular weight is 184 g/mol. The molecule has 1 amide bonds. The van der Waals surface area contributed by atoms with Crippen LogP contribution in [0.1, 0.15) is 13.3 Å². The van der Waals surface area contributed by atoms with Crippen LogP contribution in [0.25, 0.3) is 0 Å². The predicted octanol–water partition coefficient (Wildman–Crippen LogP) is -0.510. The van der Waals surface area contributed by atoms with Crippen molar-refractivity contribution in [1.29, 1.82) is 0 Å². The van der Waals surface area contributed by atoms with Crippen LogP contribution in [0.2, 0.25) is 0 Å². The van der Waals surface area contributed by atoms with Crippen molar-refractivity contribution in [1.82, 2.24) is 5.32 Å². The Morgan fingerprint density at radius 3 is 2.92 bits per heavy atom. The molecule has 0 fully saturated rings. The quantitative estimate of drug-likeness (QED) is 0.431. The van der Waals surface area contributed by atoms with E-state index in [2.05, 4.69) is 11.2 Å². The molecule has 0 heterocycles. The third kappa shape index (κ3) is 6.14. The van der Waals surface area contributed by atoms with Crippen molar-refractivity contribution in [2.45, 2.75) is 19.4 Å². The van der Waals surface area contributed by atoms with Gasteiger partial charge in [0.05, 0.1) is 12.6 Å². The summed E-state index contributed by atoms with van der Waals surface area (Å²) in [5, 5.41) is 2.63. The Morgan fingerprint density at radius 2 is 2.46 bits per heavy atom. The van der Waals surface area contributed by atoms with Gasteiger partial charge in [-0.05, 0) is 6.42 Å². The van der Waals surface area contributed by atoms with E-state index in [1.165, 1.54) is 0 Å². The molecule has 0 aromatic carbocycles. The van der Waals surface area contributed by atoms with Crippen LogP contribution in [0.5, 0.6) is 0 Å². The van der Waals surface area contributed by atoms with Crippen LogP contribution in [0.4, 0.5) is 0 Å². The van der Waals surface area contributed by atoms with Gasteiger partial charge >= 0.3 is 0 Å². The number of carbonyl (C=O) groups excluding carboxylic acids is 1. The second kappa shape index (κ2) is 7.59. The third-order valence-electron chi connectivity index (χ3n) is 1.44. The summed E-state index contributed by atoms with van der Waals surface area (Å²) in [5.74, 6) is 2.26. The van der Waals surface area contributed by atoms with Crippen LogP contribution in [0.3, 0.4) is 0 Å². The first-order chi connectivity index (χ1) is 6.24. The number of amides is 1. The first-order valence-electron chi connectivity index (χ1n) is 4.27. The van der Waals surface area contributed by atoms with Crippen molar-refractivity contribution in [3.63, 3.8) is 0 Å². The Morgan fingerprint density at radius 1 is 1.77 bits per heavy atom. The van der Waals surface area contributed by atoms with Gasteiger partial charge in [0.1, 0.15) is 6.61 Å². The minimum atomic E-state index is -0.200. The van der Waals surface area contributed by atoms with Crippen LogP contribution >= 0.6 is 0 Å². The monoisotopic (exact) mass is 184 g/mol. The zero-order chi connectivity index (χ0) is 10.1. The van der Waals surface area contributed by atoms with Gasteiger partial charge in [0.15, 0.2) is 0 Å². The van der Waals surface area contributed by atoms with Gasteiger partial charge < -0.3 is 15.8 Å². The van der Waals surface area contributed by atoms with Crippen molar-refractivity contribution in [3.8, 4) is 12.3 Å². The molecule has 0 aromatic rings. The normalized spacial score (nSPS) is 11.8. The van der Waals surface area contributed by atoms with E-state index in [1.54, 1.807) is 0 Å². The van der Waals surface area contributed by atoms with E-state index < -0.39 is 0 Å². The fraction of sp³-hybridized carbons (Fsp3) is 0.667. The second-order valence-corrected chi connectivity index (χ2v) is 2.54. The number of nitrogens with one attached hydrogen (secondary N) is 1. The van der Waals surface area contributed by atoms with Gasteiger partial charge in [0.25, 0.3) is 0 Å². The fourth-order valence-corrected chi connectivity index (χ4v) is 0.746. The zero-order valence-electron chi connectivity index (χ0n) is 7.88. The SMILES string of the molecule is C#CC(CC)NC(=O)COCCN. The Hall–Kier alpha value is -1.05. The molecule has 0 aromatic heterocycles. The second-order valence-electron chi connectivity index (χ2n) is 2.54. The molecule has 74 valence electrons. The number of hydrogen-bond acceptors (Lipinski definition) is 3. The van der Waals surface area contributed by atoms with Crippen molar-refractivity contribution >= 4 is 5.91 Å². The lowest BCUT2D eigenvalue weighted by Gasteiger charge is -2.10. The standard InChI is InChI=1S/C9H16N2O2/c1-3-8(4-2)11-9(12)7-13-6-5-10/h1,8H,4-7,10H2,2H3,(H,11,12). The molecule has 0 saturated heterocycles. The van der Waals surface area contributed by atoms with E-state index in [4.69, 9.17) is 16.9 Å². The van der Waals surface area contributed by atoms with E-state index in [0.29, 0.717) is 13.2 Å². The predicted molar refractivity (Wildman–Crippen MR) is 50.9 cm³/mol. The highest BCUT2D eigenvalue weighted by molar-refractivity contribution is 5.77. The maximum atomic E-state index is 11.1. The number of hydrogen-bond donors (Lipinski definition) is 2. The maximum absolute atomic E-state index is 11.1. The number of nitrogens with two attached hydrogens (primary N) is 1. The average Bonchev–Trinajstić information content (AvgIpc) is 2.14. The molecule has 13 heavy (non-hydrogen) atoms. The molecule has 0 bridgehead atoms. The summed E-state index contributed by atoms with van der Waals surface area (Å²) in [6.07, 6.45) is 5.88. The molecule has 0 rings (SSSR count). The van der Waals surface area contributed by atoms with E-state index in [0.717, 1.165) is 6.42 Å². The molecule has 0 saturated carbocycles. The molecule has 0 radical (unpaired) electrons. The van der Waals surface area contributed by atoms with Gasteiger partial charge in [0.2, 0.25) is 5.91 Å². The Balaban J connectivity index is 3.56. The Labute approximate surface area is 78.8 Å². The highest BCUT2D eigenvalue weighted by Gasteiger charge is 2.06. The van der Waals surface area contributed by atoms with Gasteiger partial charge in [-0.1, -0.05) is 12.8 Å². The molecule has 0 aliphatic carbocycles. The van der Waals surface area contributed by atoms with Crippen LogP contribution in [-0.2, 0) is 9.53 Å². The summed E-state index contributed by atoms with van der Waals surface area (Å²) < 4.78 is 4.93. The van der Waals surface area contributed by atoms with Gasteiger partial charge in [-0.15, -0.1) is 6.42 Å². The Bertz CT molecular complexity index is 187. The molecule has 0 aliphatic rings. The first kappa shape index (κ1) is 11.9. The highest BCUT2D eigenvalue weighted by atomic mass is 16.5. The summed E-state index contributed by atoms with van der Waals surface area (Å²) in [7, 11) is 0. The summed E-state index contributed by atoms with van der Waals surface area (Å²) in [6, 6.07) is -0.200. The molecule has 3 N–H and O–H groups in total. The molecular formula is C9H16N2O2. The summed E-state index contributed by atoms with van der Waals surface area (Å²) >= 11 is 0. The number of rotatable bonds is 6. The lowest BCUT2D eigenvalue weighted by atomic mass is 10.2. The molecule has 4 heteroatoms. The third-order valence-corrected chi connectivity index (χ3v) is 1.44. The van der Waals surface area contributed by atoms with Crippen LogP contribution in [-0.4, -0.2) is 31.7 Å². The van der Waals surface area contributed by atoms with E-state index in [1.807, 2.05) is 6.92 Å². The summed E-state index contributed by atoms with van der Waals surface area (Å²) in [6.45, 7) is 2.74. The molecule has 4 nitrogen and oxygen atoms in total. The van der Waals surface area contributed by atoms with Crippen molar-refractivity contribution in [2.24, 2.45) is 5.73 Å². The van der Waals surface area contributed by atoms with Gasteiger partial charge in [-0.25, -0.2) is 0 Å². The van der Waals surface area contributed by atoms with Crippen molar-refractivity contribution in [3.05, 3.63) is 0 Å². The number of carbonyl (C=O) groups is 1. The molecule has 0 spiro atoms. The summed E-state index contributed by atoms with van der Waals surface area (Å²) in [4.78, 5) is 11.1. The highest BCUT2D eigenvalue weighted by Crippen LogP contribution is 1.87. The van der Waals surface area contributed by atoms with Gasteiger partial charge in [-0.2, -0.15) is 0 Å². The Kier molecular flexibility index (Phi) is 6.98. The van der Waals surface area contributed by atoms with Crippen LogP contribution < -0.4 is 11.1 Å². The lowest BCUT2D eigenvalue weighted by molar-refractivity contribution is -0.125. The van der Waals surface area contributed by atoms with Crippen molar-refractivity contribution in [2.75, 3.05) is 19.8 Å². The van der Waals surface area contributed by atoms with Gasteiger partial charge in [0, 0.05) is 6.54 Å². The van der Waals surface area contributed by atoms with Crippen LogP contribution in [0, 0.1) is 12.3 Å². The molecule has 1 unspecified atom stereocenters. The van der Waals surface area contributed by atoms with E-state index in [-0.39, 0.29) is 18.6 Å². The zero-order valence-corrected chi connectivity index (χ0v) is 7.88. The van der Waals surface area contributed by atoms with E-state index in [9.17, 15) is 4.79 Å². The summed E-state index contributed by atoms with van der Waals surface area (Å²) in [5.41, 5.74) is 5.18. The minimum absolute atomic E-state index is 0.0232. The number of terminal acetylenes is 1. The molecule has 1 atom stereocenters. The minimum Gasteiger partial charge on any atom is -0.370 e.